The van der Waals surface area contributed by atoms with Gasteiger partial charge in [0, 0.05) is 25.7 Å². The summed E-state index contributed by atoms with van der Waals surface area (Å²) in [5.74, 6) is -0.244. The van der Waals surface area contributed by atoms with E-state index in [4.69, 9.17) is 0 Å². The molecule has 2 amide bonds. The lowest BCUT2D eigenvalue weighted by molar-refractivity contribution is 0.0498. The van der Waals surface area contributed by atoms with Gasteiger partial charge in [0.15, 0.2) is 0 Å². The van der Waals surface area contributed by atoms with E-state index in [0.717, 1.165) is 38.0 Å². The number of aryl methyl sites for hydroxylation is 1. The second-order valence-corrected chi connectivity index (χ2v) is 7.02. The van der Waals surface area contributed by atoms with E-state index >= 15 is 0 Å². The summed E-state index contributed by atoms with van der Waals surface area (Å²) in [6.07, 6.45) is 1.69. The summed E-state index contributed by atoms with van der Waals surface area (Å²) in [6.45, 7) is 4.69. The predicted molar refractivity (Wildman–Crippen MR) is 96.4 cm³/mol. The van der Waals surface area contributed by atoms with Crippen molar-refractivity contribution in [2.45, 2.75) is 32.4 Å². The fourth-order valence-electron chi connectivity index (χ4n) is 3.88. The Kier molecular flexibility index (Phi) is 4.14. The van der Waals surface area contributed by atoms with Crippen LogP contribution in [0.25, 0.3) is 0 Å². The third-order valence-electron chi connectivity index (χ3n) is 5.24. The molecule has 0 N–H and O–H groups in total. The predicted octanol–water partition coefficient (Wildman–Crippen LogP) is 3.26. The number of benzene rings is 2. The monoisotopic (exact) mass is 334 g/mol. The zero-order valence-electron chi connectivity index (χ0n) is 14.4. The fraction of sp³-hybridized carbons (Fsp3) is 0.333. The van der Waals surface area contributed by atoms with E-state index in [-0.39, 0.29) is 17.9 Å². The molecular weight excluding hydrogens is 312 g/mol. The lowest BCUT2D eigenvalue weighted by atomic mass is 10.0. The second kappa shape index (κ2) is 6.45. The van der Waals surface area contributed by atoms with Crippen molar-refractivity contribution in [2.24, 2.45) is 0 Å². The van der Waals surface area contributed by atoms with E-state index in [2.05, 4.69) is 29.2 Å². The molecule has 0 atom stereocenters. The van der Waals surface area contributed by atoms with Crippen molar-refractivity contribution < 1.29 is 9.59 Å². The van der Waals surface area contributed by atoms with Gasteiger partial charge in [-0.05, 0) is 37.5 Å². The summed E-state index contributed by atoms with van der Waals surface area (Å²) in [4.78, 5) is 29.3. The molecule has 25 heavy (non-hydrogen) atoms. The Labute approximate surface area is 148 Å². The van der Waals surface area contributed by atoms with Crippen LogP contribution in [0.3, 0.4) is 0 Å². The third-order valence-corrected chi connectivity index (χ3v) is 5.24. The molecule has 4 nitrogen and oxygen atoms in total. The number of nitrogens with zero attached hydrogens (tertiary/aromatic N) is 2. The van der Waals surface area contributed by atoms with Gasteiger partial charge in [-0.15, -0.1) is 0 Å². The van der Waals surface area contributed by atoms with Crippen molar-refractivity contribution in [3.8, 4) is 0 Å². The molecule has 2 aliphatic rings. The number of imide groups is 1. The third kappa shape index (κ3) is 2.98. The Balaban J connectivity index is 1.43. The van der Waals surface area contributed by atoms with Gasteiger partial charge in [0.25, 0.3) is 11.8 Å². The Bertz CT molecular complexity index is 808. The molecule has 0 unspecified atom stereocenters. The molecule has 0 aliphatic carbocycles. The van der Waals surface area contributed by atoms with Crippen LogP contribution in [0.2, 0.25) is 0 Å². The summed E-state index contributed by atoms with van der Waals surface area (Å²) in [5, 5.41) is 0. The molecule has 2 heterocycles. The van der Waals surface area contributed by atoms with Crippen LogP contribution >= 0.6 is 0 Å². The minimum atomic E-state index is -0.124. The Hall–Kier alpha value is -2.46. The SMILES string of the molecule is Cc1ccc2c(c1)C(=O)N(C1CCN(Cc3ccccc3)CC1)C2=O. The molecule has 4 heteroatoms. The minimum Gasteiger partial charge on any atom is -0.299 e. The highest BCUT2D eigenvalue weighted by atomic mass is 16.2. The molecule has 0 spiro atoms. The number of piperidine rings is 1. The average molecular weight is 334 g/mol. The molecule has 2 aliphatic heterocycles. The van der Waals surface area contributed by atoms with Gasteiger partial charge in [-0.25, -0.2) is 0 Å². The highest BCUT2D eigenvalue weighted by Crippen LogP contribution is 2.29. The van der Waals surface area contributed by atoms with E-state index < -0.39 is 0 Å². The first-order chi connectivity index (χ1) is 12.1. The molecule has 0 radical (unpaired) electrons. The Morgan fingerprint density at radius 1 is 0.920 bits per heavy atom. The molecule has 2 aromatic rings. The van der Waals surface area contributed by atoms with Crippen molar-refractivity contribution in [1.82, 2.24) is 9.80 Å². The molecule has 128 valence electrons. The summed E-state index contributed by atoms with van der Waals surface area (Å²) >= 11 is 0. The van der Waals surface area contributed by atoms with Crippen LogP contribution in [0.15, 0.2) is 48.5 Å². The van der Waals surface area contributed by atoms with Crippen molar-refractivity contribution in [3.05, 3.63) is 70.8 Å². The lowest BCUT2D eigenvalue weighted by Gasteiger charge is -2.35. The second-order valence-electron chi connectivity index (χ2n) is 7.02. The fourth-order valence-corrected chi connectivity index (χ4v) is 3.88. The van der Waals surface area contributed by atoms with Crippen LogP contribution < -0.4 is 0 Å². The number of carbonyl (C=O) groups excluding carboxylic acids is 2. The lowest BCUT2D eigenvalue weighted by Crippen LogP contribution is -2.47. The number of hydrogen-bond donors (Lipinski definition) is 0. The van der Waals surface area contributed by atoms with Crippen molar-refractivity contribution in [2.75, 3.05) is 13.1 Å². The maximum atomic E-state index is 12.7. The normalized spacial score (nSPS) is 18.7. The summed E-state index contributed by atoms with van der Waals surface area (Å²) < 4.78 is 0. The Morgan fingerprint density at radius 2 is 1.60 bits per heavy atom. The number of amides is 2. The first kappa shape index (κ1) is 16.0. The van der Waals surface area contributed by atoms with Gasteiger partial charge in [0.05, 0.1) is 11.1 Å². The topological polar surface area (TPSA) is 40.6 Å². The summed E-state index contributed by atoms with van der Waals surface area (Å²) in [5.41, 5.74) is 3.44. The van der Waals surface area contributed by atoms with Crippen LogP contribution in [0, 0.1) is 6.92 Å². The van der Waals surface area contributed by atoms with Gasteiger partial charge in [-0.1, -0.05) is 42.0 Å². The van der Waals surface area contributed by atoms with E-state index in [1.165, 1.54) is 10.5 Å². The van der Waals surface area contributed by atoms with Crippen molar-refractivity contribution in [3.63, 3.8) is 0 Å². The van der Waals surface area contributed by atoms with Crippen LogP contribution in [-0.4, -0.2) is 40.7 Å². The zero-order chi connectivity index (χ0) is 17.4. The minimum absolute atomic E-state index is 0.0136. The van der Waals surface area contributed by atoms with E-state index in [9.17, 15) is 9.59 Å². The van der Waals surface area contributed by atoms with Crippen molar-refractivity contribution in [1.29, 1.82) is 0 Å². The molecule has 1 saturated heterocycles. The molecule has 2 aromatic carbocycles. The summed E-state index contributed by atoms with van der Waals surface area (Å²) in [7, 11) is 0. The smallest absolute Gasteiger partial charge is 0.261 e. The highest BCUT2D eigenvalue weighted by molar-refractivity contribution is 6.21. The van der Waals surface area contributed by atoms with Crippen LogP contribution in [-0.2, 0) is 6.54 Å². The number of carbonyl (C=O) groups is 2. The highest BCUT2D eigenvalue weighted by Gasteiger charge is 2.40. The van der Waals surface area contributed by atoms with Gasteiger partial charge in [-0.2, -0.15) is 0 Å². The van der Waals surface area contributed by atoms with Gasteiger partial charge >= 0.3 is 0 Å². The number of hydrogen-bond acceptors (Lipinski definition) is 3. The van der Waals surface area contributed by atoms with E-state index in [1.54, 1.807) is 6.07 Å². The number of rotatable bonds is 3. The maximum Gasteiger partial charge on any atom is 0.261 e. The molecular formula is C21H22N2O2. The first-order valence-corrected chi connectivity index (χ1v) is 8.88. The van der Waals surface area contributed by atoms with E-state index in [1.807, 2.05) is 25.1 Å². The zero-order valence-corrected chi connectivity index (χ0v) is 14.4. The van der Waals surface area contributed by atoms with Gasteiger partial charge in [0.2, 0.25) is 0 Å². The van der Waals surface area contributed by atoms with Crippen LogP contribution in [0.1, 0.15) is 44.7 Å². The summed E-state index contributed by atoms with van der Waals surface area (Å²) in [6, 6.07) is 16.0. The molecule has 4 rings (SSSR count). The molecule has 1 fully saturated rings. The molecule has 0 saturated carbocycles. The maximum absolute atomic E-state index is 12.7. The quantitative estimate of drug-likeness (QED) is 0.809. The standard InChI is InChI=1S/C21H22N2O2/c1-15-7-8-18-19(13-15)21(25)23(20(18)24)17-9-11-22(12-10-17)14-16-5-3-2-4-6-16/h2-8,13,17H,9-12,14H2,1H3. The molecule has 0 aromatic heterocycles. The van der Waals surface area contributed by atoms with Gasteiger partial charge < -0.3 is 0 Å². The molecule has 0 bridgehead atoms. The van der Waals surface area contributed by atoms with E-state index in [0.29, 0.717) is 11.1 Å². The Morgan fingerprint density at radius 3 is 2.32 bits per heavy atom. The first-order valence-electron chi connectivity index (χ1n) is 8.88. The number of likely N-dealkylation sites (tertiary alicyclic amines) is 1. The van der Waals surface area contributed by atoms with Gasteiger partial charge in [-0.3, -0.25) is 19.4 Å². The average Bonchev–Trinajstić information content (AvgIpc) is 2.87. The van der Waals surface area contributed by atoms with Crippen molar-refractivity contribution >= 4 is 11.8 Å². The van der Waals surface area contributed by atoms with Crippen LogP contribution in [0.4, 0.5) is 0 Å². The largest absolute Gasteiger partial charge is 0.299 e. The van der Waals surface area contributed by atoms with Gasteiger partial charge in [0.1, 0.15) is 0 Å². The number of fused-ring (bicyclic) bond motifs is 1. The van der Waals surface area contributed by atoms with Crippen LogP contribution in [0.5, 0.6) is 0 Å².